The molecule has 0 bridgehead atoms. The highest BCUT2D eigenvalue weighted by Crippen LogP contribution is 2.31. The van der Waals surface area contributed by atoms with E-state index in [-0.39, 0.29) is 23.2 Å². The van der Waals surface area contributed by atoms with Gasteiger partial charge in [0.1, 0.15) is 5.83 Å². The number of ketones is 1. The lowest BCUT2D eigenvalue weighted by Gasteiger charge is -2.22. The third kappa shape index (κ3) is 2.80. The highest BCUT2D eigenvalue weighted by Gasteiger charge is 2.30. The topological polar surface area (TPSA) is 57.5 Å². The van der Waals surface area contributed by atoms with Gasteiger partial charge in [0, 0.05) is 11.0 Å². The zero-order valence-electron chi connectivity index (χ0n) is 9.75. The normalized spacial score (nSPS) is 17.2. The van der Waals surface area contributed by atoms with Gasteiger partial charge in [0.05, 0.1) is 0 Å². The van der Waals surface area contributed by atoms with Gasteiger partial charge >= 0.3 is 7.12 Å². The van der Waals surface area contributed by atoms with Crippen LogP contribution >= 0.6 is 0 Å². The lowest BCUT2D eigenvalue weighted by Crippen LogP contribution is -2.25. The van der Waals surface area contributed by atoms with E-state index in [0.717, 1.165) is 6.08 Å². The van der Waals surface area contributed by atoms with E-state index in [1.165, 1.54) is 0 Å². The molecule has 0 aliphatic heterocycles. The van der Waals surface area contributed by atoms with Crippen LogP contribution < -0.4 is 0 Å². The number of carbonyl (C=O) groups is 1. The van der Waals surface area contributed by atoms with Crippen LogP contribution in [0.3, 0.4) is 0 Å². The zero-order valence-corrected chi connectivity index (χ0v) is 9.75. The van der Waals surface area contributed by atoms with Gasteiger partial charge in [0.15, 0.2) is 5.78 Å². The summed E-state index contributed by atoms with van der Waals surface area (Å²) in [6, 6.07) is 0. The molecule has 0 aromatic heterocycles. The van der Waals surface area contributed by atoms with Crippen molar-refractivity contribution in [1.82, 2.24) is 0 Å². The minimum absolute atomic E-state index is 0.150. The Bertz CT molecular complexity index is 364. The van der Waals surface area contributed by atoms with Gasteiger partial charge in [-0.15, -0.1) is 0 Å². The summed E-state index contributed by atoms with van der Waals surface area (Å²) >= 11 is 0. The van der Waals surface area contributed by atoms with E-state index in [9.17, 15) is 9.18 Å². The predicted molar refractivity (Wildman–Crippen MR) is 60.1 cm³/mol. The number of allylic oxidation sites excluding steroid dienone is 4. The molecule has 0 aromatic carbocycles. The molecule has 0 heterocycles. The number of rotatable bonds is 2. The first-order valence-corrected chi connectivity index (χ1v) is 5.23. The first kappa shape index (κ1) is 13.1. The number of hydrogen-bond donors (Lipinski definition) is 2. The Morgan fingerprint density at radius 3 is 2.31 bits per heavy atom. The standard InChI is InChI=1S/C11H16BFO3/c1-11(2,3)10(14)8-5-4-7(12(15)16)6-9(8)13/h6,15-16H,4-5H2,1-3H3. The first-order chi connectivity index (χ1) is 7.23. The van der Waals surface area contributed by atoms with Gasteiger partial charge in [-0.1, -0.05) is 20.8 Å². The van der Waals surface area contributed by atoms with Crippen molar-refractivity contribution in [2.24, 2.45) is 5.41 Å². The summed E-state index contributed by atoms with van der Waals surface area (Å²) in [5.74, 6) is -0.873. The van der Waals surface area contributed by atoms with Gasteiger partial charge in [-0.25, -0.2) is 4.39 Å². The summed E-state index contributed by atoms with van der Waals surface area (Å²) in [4.78, 5) is 11.9. The van der Waals surface area contributed by atoms with Crippen LogP contribution in [-0.4, -0.2) is 22.9 Å². The first-order valence-electron chi connectivity index (χ1n) is 5.23. The second-order valence-electron chi connectivity index (χ2n) is 5.00. The van der Waals surface area contributed by atoms with Crippen LogP contribution in [0, 0.1) is 5.41 Å². The van der Waals surface area contributed by atoms with Crippen molar-refractivity contribution in [3.05, 3.63) is 22.9 Å². The van der Waals surface area contributed by atoms with E-state index in [0.29, 0.717) is 6.42 Å². The quantitative estimate of drug-likeness (QED) is 0.702. The molecule has 5 heteroatoms. The van der Waals surface area contributed by atoms with Gasteiger partial charge < -0.3 is 10.0 Å². The van der Waals surface area contributed by atoms with Crippen LogP contribution in [-0.2, 0) is 4.79 Å². The molecule has 0 saturated carbocycles. The maximum atomic E-state index is 13.6. The summed E-state index contributed by atoms with van der Waals surface area (Å²) in [7, 11) is -1.64. The van der Waals surface area contributed by atoms with Crippen LogP contribution in [0.15, 0.2) is 22.9 Å². The predicted octanol–water partition coefficient (Wildman–Crippen LogP) is 1.56. The fourth-order valence-corrected chi connectivity index (χ4v) is 1.59. The van der Waals surface area contributed by atoms with Crippen LogP contribution in [0.5, 0.6) is 0 Å². The Hall–Kier alpha value is -0.935. The molecule has 0 atom stereocenters. The summed E-state index contributed by atoms with van der Waals surface area (Å²) in [5.41, 5.74) is -0.254. The maximum Gasteiger partial charge on any atom is 0.484 e. The number of carbonyl (C=O) groups excluding carboxylic acids is 1. The van der Waals surface area contributed by atoms with E-state index in [4.69, 9.17) is 10.0 Å². The van der Waals surface area contributed by atoms with Crippen LogP contribution in [0.1, 0.15) is 33.6 Å². The second-order valence-corrected chi connectivity index (χ2v) is 5.00. The van der Waals surface area contributed by atoms with Gasteiger partial charge in [-0.05, 0) is 24.4 Å². The zero-order chi connectivity index (χ0) is 12.5. The fourth-order valence-electron chi connectivity index (χ4n) is 1.59. The molecule has 16 heavy (non-hydrogen) atoms. The van der Waals surface area contributed by atoms with E-state index in [1.807, 2.05) is 0 Å². The molecule has 88 valence electrons. The summed E-state index contributed by atoms with van der Waals surface area (Å²) in [5, 5.41) is 17.8. The lowest BCUT2D eigenvalue weighted by molar-refractivity contribution is -0.122. The monoisotopic (exact) mass is 226 g/mol. The van der Waals surface area contributed by atoms with Crippen molar-refractivity contribution >= 4 is 12.9 Å². The van der Waals surface area contributed by atoms with Crippen molar-refractivity contribution in [2.75, 3.05) is 0 Å². The van der Waals surface area contributed by atoms with Crippen molar-refractivity contribution < 1.29 is 19.2 Å². The van der Waals surface area contributed by atoms with E-state index < -0.39 is 18.4 Å². The molecule has 0 radical (unpaired) electrons. The van der Waals surface area contributed by atoms with Crippen LogP contribution in [0.2, 0.25) is 0 Å². The Kier molecular flexibility index (Phi) is 3.70. The minimum Gasteiger partial charge on any atom is -0.423 e. The average Bonchev–Trinajstić information content (AvgIpc) is 2.15. The molecular formula is C11H16BFO3. The van der Waals surface area contributed by atoms with Crippen molar-refractivity contribution in [3.8, 4) is 0 Å². The van der Waals surface area contributed by atoms with Gasteiger partial charge in [-0.2, -0.15) is 0 Å². The van der Waals surface area contributed by atoms with Crippen molar-refractivity contribution in [2.45, 2.75) is 33.6 Å². The summed E-state index contributed by atoms with van der Waals surface area (Å²) in [6.07, 6.45) is 1.58. The van der Waals surface area contributed by atoms with Crippen molar-refractivity contribution in [1.29, 1.82) is 0 Å². The van der Waals surface area contributed by atoms with E-state index in [1.54, 1.807) is 20.8 Å². The maximum absolute atomic E-state index is 13.6. The highest BCUT2D eigenvalue weighted by atomic mass is 19.1. The van der Waals surface area contributed by atoms with Crippen LogP contribution in [0.25, 0.3) is 0 Å². The molecule has 3 nitrogen and oxygen atoms in total. The molecule has 1 rings (SSSR count). The molecule has 0 amide bonds. The molecular weight excluding hydrogens is 210 g/mol. The van der Waals surface area contributed by atoms with E-state index in [2.05, 4.69) is 0 Å². The Morgan fingerprint density at radius 1 is 1.38 bits per heavy atom. The summed E-state index contributed by atoms with van der Waals surface area (Å²) in [6.45, 7) is 5.20. The smallest absolute Gasteiger partial charge is 0.423 e. The van der Waals surface area contributed by atoms with Gasteiger partial charge in [0.25, 0.3) is 0 Å². The molecule has 0 unspecified atom stereocenters. The second kappa shape index (κ2) is 4.51. The highest BCUT2D eigenvalue weighted by molar-refractivity contribution is 6.50. The van der Waals surface area contributed by atoms with Crippen molar-refractivity contribution in [3.63, 3.8) is 0 Å². The van der Waals surface area contributed by atoms with E-state index >= 15 is 0 Å². The Labute approximate surface area is 94.8 Å². The third-order valence-electron chi connectivity index (χ3n) is 2.55. The van der Waals surface area contributed by atoms with Crippen LogP contribution in [0.4, 0.5) is 4.39 Å². The molecule has 1 aliphatic carbocycles. The molecule has 0 aromatic rings. The SMILES string of the molecule is CC(C)(C)C(=O)C1=C(F)C=C(B(O)O)CC1. The minimum atomic E-state index is -1.64. The van der Waals surface area contributed by atoms with Gasteiger partial charge in [-0.3, -0.25) is 4.79 Å². The third-order valence-corrected chi connectivity index (χ3v) is 2.55. The molecule has 2 N–H and O–H groups in total. The molecule has 0 fully saturated rings. The number of hydrogen-bond acceptors (Lipinski definition) is 3. The molecule has 0 saturated heterocycles. The Balaban J connectivity index is 3.01. The Morgan fingerprint density at radius 2 is 1.94 bits per heavy atom. The average molecular weight is 226 g/mol. The largest absolute Gasteiger partial charge is 0.484 e. The molecule has 0 spiro atoms. The lowest BCUT2D eigenvalue weighted by atomic mass is 9.72. The molecule has 1 aliphatic rings. The van der Waals surface area contributed by atoms with Gasteiger partial charge in [0.2, 0.25) is 0 Å². The number of halogens is 1. The fraction of sp³-hybridized carbons (Fsp3) is 0.545. The summed E-state index contributed by atoms with van der Waals surface area (Å²) < 4.78 is 13.6. The number of Topliss-reactive ketones (excluding diaryl/α,β-unsaturated/α-hetero) is 1.